The minimum atomic E-state index is -0.114. The first kappa shape index (κ1) is 16.2. The van der Waals surface area contributed by atoms with Crippen molar-refractivity contribution in [1.29, 1.82) is 0 Å². The fourth-order valence-corrected chi connectivity index (χ4v) is 4.07. The minimum absolute atomic E-state index is 0.112. The Balaban J connectivity index is 2.37. The van der Waals surface area contributed by atoms with Gasteiger partial charge in [0, 0.05) is 13.7 Å². The van der Waals surface area contributed by atoms with E-state index < -0.39 is 0 Å². The molecule has 0 amide bonds. The van der Waals surface area contributed by atoms with Crippen LogP contribution in [0, 0.1) is 0 Å². The summed E-state index contributed by atoms with van der Waals surface area (Å²) in [5.74, 6) is 0. The molecule has 2 nitrogen and oxygen atoms in total. The Morgan fingerprint density at radius 2 is 1.70 bits per heavy atom. The van der Waals surface area contributed by atoms with Gasteiger partial charge < -0.3 is 10.1 Å². The van der Waals surface area contributed by atoms with E-state index in [1.165, 1.54) is 27.8 Å². The van der Waals surface area contributed by atoms with Crippen LogP contribution in [0.3, 0.4) is 0 Å². The molecule has 0 fully saturated rings. The second-order valence-electron chi connectivity index (χ2n) is 7.57. The highest BCUT2D eigenvalue weighted by Gasteiger charge is 2.44. The zero-order valence-corrected chi connectivity index (χ0v) is 14.9. The second-order valence-corrected chi connectivity index (χ2v) is 7.57. The standard InChI is InChI=1S/C21H27NO/c1-20(2,3)17-11-8-12-18-19(17)15-9-6-7-10-16(15)21(18,13-22-4)14-23-5/h6-12,22H,13-14H2,1-5H3. The number of likely N-dealkylation sites (N-methyl/N-ethyl adjacent to an activating group) is 1. The van der Waals surface area contributed by atoms with Gasteiger partial charge >= 0.3 is 0 Å². The minimum Gasteiger partial charge on any atom is -0.383 e. The Kier molecular flexibility index (Phi) is 4.07. The first-order chi connectivity index (χ1) is 11.0. The Morgan fingerprint density at radius 3 is 2.35 bits per heavy atom. The molecule has 2 heteroatoms. The number of ether oxygens (including phenoxy) is 1. The summed E-state index contributed by atoms with van der Waals surface area (Å²) in [6.07, 6.45) is 0. The number of methoxy groups -OCH3 is 1. The van der Waals surface area contributed by atoms with Crippen LogP contribution in [0.1, 0.15) is 37.5 Å². The molecule has 0 bridgehead atoms. The van der Waals surface area contributed by atoms with Gasteiger partial charge in [-0.2, -0.15) is 0 Å². The molecule has 0 saturated heterocycles. The molecule has 0 aliphatic heterocycles. The smallest absolute Gasteiger partial charge is 0.0612 e. The third-order valence-corrected chi connectivity index (χ3v) is 4.97. The van der Waals surface area contributed by atoms with E-state index in [0.717, 1.165) is 6.54 Å². The Hall–Kier alpha value is -1.64. The summed E-state index contributed by atoms with van der Waals surface area (Å²) < 4.78 is 5.68. The first-order valence-electron chi connectivity index (χ1n) is 8.33. The van der Waals surface area contributed by atoms with Crippen molar-refractivity contribution < 1.29 is 4.74 Å². The number of rotatable bonds is 4. The van der Waals surface area contributed by atoms with Crippen LogP contribution in [0.5, 0.6) is 0 Å². The molecule has 1 N–H and O–H groups in total. The highest BCUT2D eigenvalue weighted by atomic mass is 16.5. The Bertz CT molecular complexity index is 706. The van der Waals surface area contributed by atoms with Crippen LogP contribution < -0.4 is 5.32 Å². The largest absolute Gasteiger partial charge is 0.383 e. The van der Waals surface area contributed by atoms with Gasteiger partial charge in [-0.05, 0) is 40.3 Å². The van der Waals surface area contributed by atoms with Crippen molar-refractivity contribution >= 4 is 0 Å². The van der Waals surface area contributed by atoms with E-state index in [2.05, 4.69) is 68.6 Å². The molecule has 2 aromatic rings. The number of hydrogen-bond donors (Lipinski definition) is 1. The molecule has 0 heterocycles. The quantitative estimate of drug-likeness (QED) is 0.917. The lowest BCUT2D eigenvalue weighted by Gasteiger charge is -2.32. The van der Waals surface area contributed by atoms with Gasteiger partial charge in [0.05, 0.1) is 12.0 Å². The second kappa shape index (κ2) is 5.77. The lowest BCUT2D eigenvalue weighted by atomic mass is 9.76. The van der Waals surface area contributed by atoms with E-state index in [4.69, 9.17) is 4.74 Å². The third kappa shape index (κ3) is 2.41. The van der Waals surface area contributed by atoms with E-state index in [1.54, 1.807) is 7.11 Å². The van der Waals surface area contributed by atoms with Gasteiger partial charge in [0.1, 0.15) is 0 Å². The molecule has 23 heavy (non-hydrogen) atoms. The molecule has 1 atom stereocenters. The fraction of sp³-hybridized carbons (Fsp3) is 0.429. The average molecular weight is 309 g/mol. The molecular weight excluding hydrogens is 282 g/mol. The lowest BCUT2D eigenvalue weighted by molar-refractivity contribution is 0.149. The number of nitrogens with one attached hydrogen (secondary N) is 1. The van der Waals surface area contributed by atoms with Crippen LogP contribution in [0.15, 0.2) is 42.5 Å². The molecule has 3 rings (SSSR count). The topological polar surface area (TPSA) is 21.3 Å². The van der Waals surface area contributed by atoms with Crippen molar-refractivity contribution in [3.63, 3.8) is 0 Å². The van der Waals surface area contributed by atoms with Crippen molar-refractivity contribution in [2.45, 2.75) is 31.6 Å². The maximum absolute atomic E-state index is 5.68. The molecular formula is C21H27NO. The number of benzene rings is 2. The molecule has 122 valence electrons. The summed E-state index contributed by atoms with van der Waals surface area (Å²) in [5.41, 5.74) is 6.95. The summed E-state index contributed by atoms with van der Waals surface area (Å²) in [6, 6.07) is 15.6. The fourth-order valence-electron chi connectivity index (χ4n) is 4.07. The van der Waals surface area contributed by atoms with Gasteiger partial charge in [-0.3, -0.25) is 0 Å². The van der Waals surface area contributed by atoms with Gasteiger partial charge in [0.2, 0.25) is 0 Å². The maximum atomic E-state index is 5.68. The highest BCUT2D eigenvalue weighted by Crippen LogP contribution is 2.51. The third-order valence-electron chi connectivity index (χ3n) is 4.97. The van der Waals surface area contributed by atoms with Crippen LogP contribution in [0.4, 0.5) is 0 Å². The molecule has 1 aliphatic rings. The predicted molar refractivity (Wildman–Crippen MR) is 97.2 cm³/mol. The predicted octanol–water partition coefficient (Wildman–Crippen LogP) is 4.12. The van der Waals surface area contributed by atoms with Crippen LogP contribution in [0.2, 0.25) is 0 Å². The van der Waals surface area contributed by atoms with Crippen LogP contribution in [-0.2, 0) is 15.6 Å². The van der Waals surface area contributed by atoms with E-state index >= 15 is 0 Å². The van der Waals surface area contributed by atoms with Crippen molar-refractivity contribution in [2.24, 2.45) is 0 Å². The van der Waals surface area contributed by atoms with Crippen LogP contribution >= 0.6 is 0 Å². The summed E-state index contributed by atoms with van der Waals surface area (Å²) in [7, 11) is 3.82. The zero-order chi connectivity index (χ0) is 16.7. The lowest BCUT2D eigenvalue weighted by Crippen LogP contribution is -2.40. The van der Waals surface area contributed by atoms with E-state index in [9.17, 15) is 0 Å². The van der Waals surface area contributed by atoms with Crippen molar-refractivity contribution in [3.05, 3.63) is 59.2 Å². The summed E-state index contributed by atoms with van der Waals surface area (Å²) in [5, 5.41) is 3.40. The summed E-state index contributed by atoms with van der Waals surface area (Å²) in [6.45, 7) is 8.43. The Morgan fingerprint density at radius 1 is 1.00 bits per heavy atom. The van der Waals surface area contributed by atoms with E-state index in [0.29, 0.717) is 6.61 Å². The molecule has 0 aromatic heterocycles. The van der Waals surface area contributed by atoms with Gasteiger partial charge in [0.15, 0.2) is 0 Å². The van der Waals surface area contributed by atoms with E-state index in [1.807, 2.05) is 7.05 Å². The van der Waals surface area contributed by atoms with Gasteiger partial charge in [-0.1, -0.05) is 63.2 Å². The first-order valence-corrected chi connectivity index (χ1v) is 8.33. The van der Waals surface area contributed by atoms with Gasteiger partial charge in [0.25, 0.3) is 0 Å². The highest BCUT2D eigenvalue weighted by molar-refractivity contribution is 5.84. The van der Waals surface area contributed by atoms with Crippen LogP contribution in [-0.4, -0.2) is 27.3 Å². The SMILES string of the molecule is CNCC1(COC)c2ccccc2-c2c(C(C)(C)C)cccc21. The summed E-state index contributed by atoms with van der Waals surface area (Å²) >= 11 is 0. The summed E-state index contributed by atoms with van der Waals surface area (Å²) in [4.78, 5) is 0. The number of hydrogen-bond acceptors (Lipinski definition) is 2. The molecule has 0 spiro atoms. The normalized spacial score (nSPS) is 19.5. The number of fused-ring (bicyclic) bond motifs is 3. The van der Waals surface area contributed by atoms with E-state index in [-0.39, 0.29) is 10.8 Å². The van der Waals surface area contributed by atoms with Crippen LogP contribution in [0.25, 0.3) is 11.1 Å². The molecule has 1 aliphatic carbocycles. The maximum Gasteiger partial charge on any atom is 0.0612 e. The molecule has 0 saturated carbocycles. The van der Waals surface area contributed by atoms with Gasteiger partial charge in [-0.25, -0.2) is 0 Å². The zero-order valence-electron chi connectivity index (χ0n) is 14.9. The molecule has 0 radical (unpaired) electrons. The Labute approximate surface area is 139 Å². The molecule has 2 aromatic carbocycles. The van der Waals surface area contributed by atoms with Gasteiger partial charge in [-0.15, -0.1) is 0 Å². The van der Waals surface area contributed by atoms with Crippen molar-refractivity contribution in [1.82, 2.24) is 5.32 Å². The average Bonchev–Trinajstić information content (AvgIpc) is 2.79. The monoisotopic (exact) mass is 309 g/mol. The molecule has 1 unspecified atom stereocenters. The van der Waals surface area contributed by atoms with Crippen molar-refractivity contribution in [2.75, 3.05) is 27.3 Å². The van der Waals surface area contributed by atoms with Crippen molar-refractivity contribution in [3.8, 4) is 11.1 Å².